The molecular weight excluding hydrogens is 266 g/mol. The van der Waals surface area contributed by atoms with Crippen LogP contribution in [-0.4, -0.2) is 17.0 Å². The molecule has 0 saturated carbocycles. The molecule has 0 unspecified atom stereocenters. The third-order valence-electron chi connectivity index (χ3n) is 3.20. The zero-order chi connectivity index (χ0) is 15.2. The minimum atomic E-state index is -0.193. The van der Waals surface area contributed by atoms with Gasteiger partial charge in [0.15, 0.2) is 5.84 Å². The average molecular weight is 283 g/mol. The van der Waals surface area contributed by atoms with E-state index in [2.05, 4.69) is 10.5 Å². The first-order valence-electron chi connectivity index (χ1n) is 6.63. The lowest BCUT2D eigenvalue weighted by Gasteiger charge is -2.10. The highest BCUT2D eigenvalue weighted by Crippen LogP contribution is 2.16. The number of hydrogen-bond donors (Lipinski definition) is 3. The molecule has 2 aromatic rings. The number of nitrogens with two attached hydrogens (primary N) is 1. The molecule has 5 nitrogen and oxygen atoms in total. The fraction of sp³-hybridized carbons (Fsp3) is 0.125. The summed E-state index contributed by atoms with van der Waals surface area (Å²) in [7, 11) is 0. The molecular formula is C16H17N3O2. The van der Waals surface area contributed by atoms with Crippen molar-refractivity contribution in [2.24, 2.45) is 10.9 Å². The van der Waals surface area contributed by atoms with Gasteiger partial charge < -0.3 is 16.3 Å². The number of oxime groups is 1. The second-order valence-electron chi connectivity index (χ2n) is 4.53. The molecule has 0 atom stereocenters. The van der Waals surface area contributed by atoms with Crippen LogP contribution in [0.4, 0.5) is 5.69 Å². The molecule has 0 aromatic heterocycles. The second kappa shape index (κ2) is 6.56. The van der Waals surface area contributed by atoms with Crippen LogP contribution in [0.2, 0.25) is 0 Å². The van der Waals surface area contributed by atoms with Gasteiger partial charge in [-0.15, -0.1) is 0 Å². The van der Waals surface area contributed by atoms with E-state index in [1.807, 2.05) is 31.2 Å². The van der Waals surface area contributed by atoms with Crippen LogP contribution in [0.1, 0.15) is 28.4 Å². The number of benzene rings is 2. The Hall–Kier alpha value is -2.82. The van der Waals surface area contributed by atoms with Crippen molar-refractivity contribution in [3.8, 4) is 0 Å². The number of carbonyl (C=O) groups is 1. The van der Waals surface area contributed by atoms with Crippen molar-refractivity contribution in [3.63, 3.8) is 0 Å². The minimum Gasteiger partial charge on any atom is -0.409 e. The fourth-order valence-corrected chi connectivity index (χ4v) is 2.00. The van der Waals surface area contributed by atoms with Crippen molar-refractivity contribution in [1.82, 2.24) is 0 Å². The number of amides is 1. The third-order valence-corrected chi connectivity index (χ3v) is 3.20. The molecule has 5 heteroatoms. The second-order valence-corrected chi connectivity index (χ2v) is 4.53. The molecule has 0 spiro atoms. The van der Waals surface area contributed by atoms with E-state index in [0.29, 0.717) is 11.1 Å². The molecule has 21 heavy (non-hydrogen) atoms. The monoisotopic (exact) mass is 283 g/mol. The summed E-state index contributed by atoms with van der Waals surface area (Å²) in [6.07, 6.45) is 0.846. The van der Waals surface area contributed by atoms with Crippen molar-refractivity contribution in [1.29, 1.82) is 0 Å². The lowest BCUT2D eigenvalue weighted by molar-refractivity contribution is 0.102. The number of aryl methyl sites for hydroxylation is 1. The Morgan fingerprint density at radius 1 is 1.14 bits per heavy atom. The van der Waals surface area contributed by atoms with Crippen molar-refractivity contribution in [2.45, 2.75) is 13.3 Å². The van der Waals surface area contributed by atoms with E-state index < -0.39 is 0 Å². The van der Waals surface area contributed by atoms with Gasteiger partial charge in [0.1, 0.15) is 0 Å². The molecule has 1 amide bonds. The molecule has 2 aromatic carbocycles. The summed E-state index contributed by atoms with van der Waals surface area (Å²) in [5.74, 6) is -0.180. The molecule has 108 valence electrons. The van der Waals surface area contributed by atoms with Gasteiger partial charge in [0.2, 0.25) is 0 Å². The van der Waals surface area contributed by atoms with Gasteiger partial charge in [0.25, 0.3) is 5.91 Å². The number of hydrogen-bond acceptors (Lipinski definition) is 3. The summed E-state index contributed by atoms with van der Waals surface area (Å²) in [5, 5.41) is 14.4. The van der Waals surface area contributed by atoms with Crippen molar-refractivity contribution in [3.05, 3.63) is 65.2 Å². The summed E-state index contributed by atoms with van der Waals surface area (Å²) in [6, 6.07) is 14.2. The average Bonchev–Trinajstić information content (AvgIpc) is 2.54. The topological polar surface area (TPSA) is 87.7 Å². The SMILES string of the molecule is CCc1ccccc1NC(=O)c1ccc(/C(N)=N/O)cc1. The first-order chi connectivity index (χ1) is 10.2. The molecule has 0 radical (unpaired) electrons. The van der Waals surface area contributed by atoms with Gasteiger partial charge in [-0.3, -0.25) is 4.79 Å². The Morgan fingerprint density at radius 3 is 2.38 bits per heavy atom. The Kier molecular flexibility index (Phi) is 4.56. The van der Waals surface area contributed by atoms with E-state index in [9.17, 15) is 4.79 Å². The molecule has 0 saturated heterocycles. The van der Waals surface area contributed by atoms with Gasteiger partial charge in [-0.2, -0.15) is 0 Å². The van der Waals surface area contributed by atoms with Crippen molar-refractivity contribution in [2.75, 3.05) is 5.32 Å². The number of carbonyl (C=O) groups excluding carboxylic acids is 1. The van der Waals surface area contributed by atoms with Crippen LogP contribution in [-0.2, 0) is 6.42 Å². The molecule has 0 bridgehead atoms. The van der Waals surface area contributed by atoms with E-state index in [1.165, 1.54) is 0 Å². The smallest absolute Gasteiger partial charge is 0.255 e. The Morgan fingerprint density at radius 2 is 1.76 bits per heavy atom. The summed E-state index contributed by atoms with van der Waals surface area (Å²) < 4.78 is 0. The van der Waals surface area contributed by atoms with E-state index >= 15 is 0 Å². The number of amidine groups is 1. The van der Waals surface area contributed by atoms with Crippen LogP contribution in [0.5, 0.6) is 0 Å². The quantitative estimate of drug-likeness (QED) is 0.349. The minimum absolute atomic E-state index is 0.0123. The van der Waals surface area contributed by atoms with E-state index in [1.54, 1.807) is 24.3 Å². The summed E-state index contributed by atoms with van der Waals surface area (Å²) in [4.78, 5) is 12.2. The summed E-state index contributed by atoms with van der Waals surface area (Å²) in [6.45, 7) is 2.04. The standard InChI is InChI=1S/C16H17N3O2/c1-2-11-5-3-4-6-14(11)18-16(20)13-9-7-12(8-10-13)15(17)19-21/h3-10,21H,2H2,1H3,(H2,17,19)(H,18,20). The van der Waals surface area contributed by atoms with Gasteiger partial charge in [0.05, 0.1) is 0 Å². The number of nitrogens with zero attached hydrogens (tertiary/aromatic N) is 1. The highest BCUT2D eigenvalue weighted by atomic mass is 16.4. The highest BCUT2D eigenvalue weighted by molar-refractivity contribution is 6.05. The van der Waals surface area contributed by atoms with Crippen LogP contribution < -0.4 is 11.1 Å². The van der Waals surface area contributed by atoms with Gasteiger partial charge in [-0.05, 0) is 30.2 Å². The van der Waals surface area contributed by atoms with Crippen LogP contribution in [0.3, 0.4) is 0 Å². The van der Waals surface area contributed by atoms with Crippen LogP contribution in [0, 0.1) is 0 Å². The summed E-state index contributed by atoms with van der Waals surface area (Å²) >= 11 is 0. The molecule has 0 heterocycles. The van der Waals surface area contributed by atoms with E-state index in [-0.39, 0.29) is 11.7 Å². The molecule has 2 rings (SSSR count). The van der Waals surface area contributed by atoms with E-state index in [0.717, 1.165) is 17.7 Å². The fourth-order valence-electron chi connectivity index (χ4n) is 2.00. The highest BCUT2D eigenvalue weighted by Gasteiger charge is 2.09. The van der Waals surface area contributed by atoms with Gasteiger partial charge in [-0.25, -0.2) is 0 Å². The normalized spacial score (nSPS) is 11.2. The maximum Gasteiger partial charge on any atom is 0.255 e. The molecule has 0 aliphatic carbocycles. The summed E-state index contributed by atoms with van der Waals surface area (Å²) in [5.41, 5.74) is 8.44. The lowest BCUT2D eigenvalue weighted by atomic mass is 10.1. The number of rotatable bonds is 4. The number of para-hydroxylation sites is 1. The van der Waals surface area contributed by atoms with E-state index in [4.69, 9.17) is 10.9 Å². The predicted molar refractivity (Wildman–Crippen MR) is 82.7 cm³/mol. The molecule has 0 fully saturated rings. The zero-order valence-electron chi connectivity index (χ0n) is 11.7. The zero-order valence-corrected chi connectivity index (χ0v) is 11.7. The van der Waals surface area contributed by atoms with Crippen LogP contribution >= 0.6 is 0 Å². The first kappa shape index (κ1) is 14.6. The van der Waals surface area contributed by atoms with Crippen LogP contribution in [0.15, 0.2) is 53.7 Å². The molecule has 0 aliphatic heterocycles. The van der Waals surface area contributed by atoms with Gasteiger partial charge in [-0.1, -0.05) is 42.4 Å². The Balaban J connectivity index is 2.17. The third kappa shape index (κ3) is 3.39. The first-order valence-corrected chi connectivity index (χ1v) is 6.63. The van der Waals surface area contributed by atoms with Crippen LogP contribution in [0.25, 0.3) is 0 Å². The number of anilines is 1. The molecule has 0 aliphatic rings. The lowest BCUT2D eigenvalue weighted by Crippen LogP contribution is -2.15. The molecule has 4 N–H and O–H groups in total. The van der Waals surface area contributed by atoms with Gasteiger partial charge >= 0.3 is 0 Å². The Bertz CT molecular complexity index is 663. The van der Waals surface area contributed by atoms with Gasteiger partial charge in [0, 0.05) is 16.8 Å². The van der Waals surface area contributed by atoms with Crippen molar-refractivity contribution < 1.29 is 10.0 Å². The maximum atomic E-state index is 12.2. The number of nitrogens with one attached hydrogen (secondary N) is 1. The van der Waals surface area contributed by atoms with Crippen molar-refractivity contribution >= 4 is 17.4 Å². The largest absolute Gasteiger partial charge is 0.409 e. The maximum absolute atomic E-state index is 12.2. The Labute approximate surface area is 123 Å². The predicted octanol–water partition coefficient (Wildman–Crippen LogP) is 2.60.